The minimum absolute atomic E-state index is 0.0493. The van der Waals surface area contributed by atoms with Crippen molar-refractivity contribution in [2.45, 2.75) is 25.3 Å². The van der Waals surface area contributed by atoms with E-state index in [2.05, 4.69) is 10.6 Å². The average Bonchev–Trinajstić information content (AvgIpc) is 2.82. The van der Waals surface area contributed by atoms with Crippen LogP contribution in [0.5, 0.6) is 0 Å². The van der Waals surface area contributed by atoms with Crippen LogP contribution in [0.1, 0.15) is 18.4 Å². The summed E-state index contributed by atoms with van der Waals surface area (Å²) in [6.07, 6.45) is 0.933. The molecule has 1 aliphatic heterocycles. The maximum Gasteiger partial charge on any atom is 0.239 e. The second-order valence-corrected chi connectivity index (χ2v) is 7.80. The number of hydrogen-bond donors (Lipinski definition) is 2. The highest BCUT2D eigenvalue weighted by Gasteiger charge is 2.28. The number of amides is 2. The molecular formula is C15H19FN2O4S. The Bertz CT molecular complexity index is 690. The summed E-state index contributed by atoms with van der Waals surface area (Å²) in [4.78, 5) is 23.3. The van der Waals surface area contributed by atoms with Gasteiger partial charge < -0.3 is 10.6 Å². The molecule has 0 aliphatic carbocycles. The van der Waals surface area contributed by atoms with Gasteiger partial charge >= 0.3 is 0 Å². The monoisotopic (exact) mass is 342 g/mol. The first-order chi connectivity index (χ1) is 10.8. The molecular weight excluding hydrogens is 323 g/mol. The van der Waals surface area contributed by atoms with Crippen LogP contribution in [0, 0.1) is 5.82 Å². The van der Waals surface area contributed by atoms with Crippen LogP contribution in [-0.4, -0.2) is 44.3 Å². The van der Waals surface area contributed by atoms with Gasteiger partial charge in [-0.1, -0.05) is 12.1 Å². The Balaban J connectivity index is 1.67. The van der Waals surface area contributed by atoms with Crippen LogP contribution < -0.4 is 10.6 Å². The lowest BCUT2D eigenvalue weighted by Gasteiger charge is -2.11. The van der Waals surface area contributed by atoms with Gasteiger partial charge in [-0.05, 0) is 30.5 Å². The smallest absolute Gasteiger partial charge is 0.239 e. The molecule has 1 unspecified atom stereocenters. The predicted molar refractivity (Wildman–Crippen MR) is 82.9 cm³/mol. The lowest BCUT2D eigenvalue weighted by molar-refractivity contribution is -0.126. The largest absolute Gasteiger partial charge is 0.351 e. The van der Waals surface area contributed by atoms with E-state index in [4.69, 9.17) is 0 Å². The van der Waals surface area contributed by atoms with E-state index in [1.54, 1.807) is 12.1 Å². The molecule has 126 valence electrons. The van der Waals surface area contributed by atoms with E-state index in [0.717, 1.165) is 0 Å². The van der Waals surface area contributed by atoms with Crippen molar-refractivity contribution in [3.8, 4) is 0 Å². The Labute approximate surface area is 134 Å². The van der Waals surface area contributed by atoms with Gasteiger partial charge in [0.2, 0.25) is 11.8 Å². The maximum atomic E-state index is 13.0. The van der Waals surface area contributed by atoms with Crippen LogP contribution in [0.4, 0.5) is 4.39 Å². The molecule has 23 heavy (non-hydrogen) atoms. The predicted octanol–water partition coefficient (Wildman–Crippen LogP) is 0.178. The molecule has 0 bridgehead atoms. The van der Waals surface area contributed by atoms with Gasteiger partial charge in [-0.3, -0.25) is 9.59 Å². The van der Waals surface area contributed by atoms with Crippen molar-refractivity contribution in [1.29, 1.82) is 0 Å². The fourth-order valence-corrected chi connectivity index (χ4v) is 4.08. The van der Waals surface area contributed by atoms with Crippen molar-refractivity contribution in [3.05, 3.63) is 35.6 Å². The molecule has 2 amide bonds. The molecule has 1 heterocycles. The minimum atomic E-state index is -3.05. The summed E-state index contributed by atoms with van der Waals surface area (Å²) in [5.74, 6) is -1.05. The van der Waals surface area contributed by atoms with Gasteiger partial charge in [-0.15, -0.1) is 0 Å². The standard InChI is InChI=1S/C15H19FN2O4S/c16-12-3-1-2-11(8-12)4-5-14(19)17-9-15(20)18-13-6-7-23(21,22)10-13/h1-3,8,13H,4-7,9-10H2,(H,17,19)(H,18,20). The Morgan fingerprint density at radius 3 is 2.70 bits per heavy atom. The second kappa shape index (κ2) is 7.54. The summed E-state index contributed by atoms with van der Waals surface area (Å²) in [5.41, 5.74) is 0.709. The van der Waals surface area contributed by atoms with Gasteiger partial charge in [0.25, 0.3) is 0 Å². The van der Waals surface area contributed by atoms with Gasteiger partial charge in [-0.2, -0.15) is 0 Å². The van der Waals surface area contributed by atoms with E-state index in [-0.39, 0.29) is 42.2 Å². The first-order valence-electron chi connectivity index (χ1n) is 7.35. The van der Waals surface area contributed by atoms with Crippen molar-refractivity contribution in [3.63, 3.8) is 0 Å². The van der Waals surface area contributed by atoms with Gasteiger partial charge in [-0.25, -0.2) is 12.8 Å². The highest BCUT2D eigenvalue weighted by atomic mass is 32.2. The summed E-state index contributed by atoms with van der Waals surface area (Å²) in [6, 6.07) is 5.61. The third kappa shape index (κ3) is 5.97. The van der Waals surface area contributed by atoms with Crippen molar-refractivity contribution in [2.24, 2.45) is 0 Å². The molecule has 0 saturated carbocycles. The molecule has 8 heteroatoms. The lowest BCUT2D eigenvalue weighted by atomic mass is 10.1. The molecule has 1 atom stereocenters. The second-order valence-electron chi connectivity index (χ2n) is 5.57. The number of benzene rings is 1. The van der Waals surface area contributed by atoms with E-state index in [1.165, 1.54) is 12.1 Å². The first kappa shape index (κ1) is 17.4. The summed E-state index contributed by atoms with van der Waals surface area (Å²) in [5, 5.41) is 5.06. The lowest BCUT2D eigenvalue weighted by Crippen LogP contribution is -2.42. The van der Waals surface area contributed by atoms with Crippen LogP contribution in [0.15, 0.2) is 24.3 Å². The quantitative estimate of drug-likeness (QED) is 0.771. The van der Waals surface area contributed by atoms with E-state index in [0.29, 0.717) is 18.4 Å². The Kier molecular flexibility index (Phi) is 5.70. The molecule has 1 aliphatic rings. The molecule has 1 fully saturated rings. The number of hydrogen-bond acceptors (Lipinski definition) is 4. The van der Waals surface area contributed by atoms with E-state index >= 15 is 0 Å². The third-order valence-corrected chi connectivity index (χ3v) is 5.34. The fraction of sp³-hybridized carbons (Fsp3) is 0.467. The number of halogens is 1. The normalized spacial score (nSPS) is 19.3. The number of carbonyl (C=O) groups excluding carboxylic acids is 2. The molecule has 0 radical (unpaired) electrons. The van der Waals surface area contributed by atoms with E-state index < -0.39 is 15.7 Å². The Morgan fingerprint density at radius 1 is 1.26 bits per heavy atom. The Hall–Kier alpha value is -1.96. The number of rotatable bonds is 6. The van der Waals surface area contributed by atoms with Gasteiger partial charge in [0, 0.05) is 12.5 Å². The fourth-order valence-electron chi connectivity index (χ4n) is 2.41. The van der Waals surface area contributed by atoms with Crippen LogP contribution in [0.2, 0.25) is 0 Å². The SMILES string of the molecule is O=C(CCc1cccc(F)c1)NCC(=O)NC1CCS(=O)(=O)C1. The molecule has 1 aromatic rings. The molecule has 2 N–H and O–H groups in total. The number of sulfone groups is 1. The van der Waals surface area contributed by atoms with Gasteiger partial charge in [0.1, 0.15) is 5.82 Å². The van der Waals surface area contributed by atoms with Gasteiger partial charge in [0.15, 0.2) is 9.84 Å². The van der Waals surface area contributed by atoms with Crippen molar-refractivity contribution in [2.75, 3.05) is 18.1 Å². The van der Waals surface area contributed by atoms with Crippen molar-refractivity contribution < 1.29 is 22.4 Å². The van der Waals surface area contributed by atoms with Crippen molar-refractivity contribution >= 4 is 21.7 Å². The average molecular weight is 342 g/mol. The summed E-state index contributed by atoms with van der Waals surface area (Å²) >= 11 is 0. The molecule has 6 nitrogen and oxygen atoms in total. The zero-order chi connectivity index (χ0) is 16.9. The topological polar surface area (TPSA) is 92.3 Å². The molecule has 1 aromatic carbocycles. The minimum Gasteiger partial charge on any atom is -0.351 e. The highest BCUT2D eigenvalue weighted by Crippen LogP contribution is 2.10. The Morgan fingerprint density at radius 2 is 2.04 bits per heavy atom. The molecule has 0 spiro atoms. The zero-order valence-electron chi connectivity index (χ0n) is 12.5. The summed E-state index contributed by atoms with van der Waals surface area (Å²) < 4.78 is 35.6. The number of aryl methyl sites for hydroxylation is 1. The van der Waals surface area contributed by atoms with E-state index in [1.807, 2.05) is 0 Å². The molecule has 2 rings (SSSR count). The maximum absolute atomic E-state index is 13.0. The van der Waals surface area contributed by atoms with Crippen molar-refractivity contribution in [1.82, 2.24) is 10.6 Å². The third-order valence-electron chi connectivity index (χ3n) is 3.57. The van der Waals surface area contributed by atoms with E-state index in [9.17, 15) is 22.4 Å². The van der Waals surface area contributed by atoms with Gasteiger partial charge in [0.05, 0.1) is 18.1 Å². The zero-order valence-corrected chi connectivity index (χ0v) is 13.4. The molecule has 1 saturated heterocycles. The first-order valence-corrected chi connectivity index (χ1v) is 9.17. The summed E-state index contributed by atoms with van der Waals surface area (Å²) in [7, 11) is -3.05. The number of carbonyl (C=O) groups is 2. The summed E-state index contributed by atoms with van der Waals surface area (Å²) in [6.45, 7) is -0.196. The highest BCUT2D eigenvalue weighted by molar-refractivity contribution is 7.91. The van der Waals surface area contributed by atoms with Crippen LogP contribution in [0.3, 0.4) is 0 Å². The van der Waals surface area contributed by atoms with Crippen LogP contribution in [0.25, 0.3) is 0 Å². The van der Waals surface area contributed by atoms with Crippen LogP contribution >= 0.6 is 0 Å². The van der Waals surface area contributed by atoms with Crippen LogP contribution in [-0.2, 0) is 25.8 Å². The molecule has 0 aromatic heterocycles. The number of nitrogens with one attached hydrogen (secondary N) is 2.